The van der Waals surface area contributed by atoms with Gasteiger partial charge in [-0.2, -0.15) is 14.5 Å². The van der Waals surface area contributed by atoms with Crippen molar-refractivity contribution in [3.05, 3.63) is 66.6 Å². The van der Waals surface area contributed by atoms with E-state index in [1.54, 1.807) is 6.20 Å². The van der Waals surface area contributed by atoms with Crippen LogP contribution in [0.4, 0.5) is 8.78 Å². The van der Waals surface area contributed by atoms with E-state index < -0.39 is 16.4 Å². The molecule has 1 saturated heterocycles. The Hall–Kier alpha value is -3.11. The van der Waals surface area contributed by atoms with Crippen LogP contribution in [0.5, 0.6) is 0 Å². The molecule has 1 aliphatic rings. The van der Waals surface area contributed by atoms with Gasteiger partial charge < -0.3 is 0 Å². The van der Waals surface area contributed by atoms with Gasteiger partial charge in [0.1, 0.15) is 0 Å². The Morgan fingerprint density at radius 3 is 2.76 bits per heavy atom. The first-order chi connectivity index (χ1) is 15.8. The summed E-state index contributed by atoms with van der Waals surface area (Å²) >= 11 is 0. The second kappa shape index (κ2) is 8.35. The van der Waals surface area contributed by atoms with E-state index in [1.165, 1.54) is 22.5 Å². The van der Waals surface area contributed by atoms with Crippen LogP contribution in [0.3, 0.4) is 0 Å². The van der Waals surface area contributed by atoms with Crippen molar-refractivity contribution in [1.82, 2.24) is 24.3 Å². The average molecular weight is 472 g/mol. The predicted octanol–water partition coefficient (Wildman–Crippen LogP) is 4.46. The van der Waals surface area contributed by atoms with E-state index in [2.05, 4.69) is 15.3 Å². The molecule has 0 saturated carbocycles. The van der Waals surface area contributed by atoms with E-state index in [-0.39, 0.29) is 22.4 Å². The summed E-state index contributed by atoms with van der Waals surface area (Å²) in [4.78, 5) is -0.0934. The molecule has 33 heavy (non-hydrogen) atoms. The van der Waals surface area contributed by atoms with E-state index in [0.29, 0.717) is 19.5 Å². The van der Waals surface area contributed by atoms with Crippen molar-refractivity contribution in [2.45, 2.75) is 37.3 Å². The van der Waals surface area contributed by atoms with Crippen LogP contribution >= 0.6 is 0 Å². The molecule has 3 heterocycles. The number of fused-ring (bicyclic) bond motifs is 1. The lowest BCUT2D eigenvalue weighted by Gasteiger charge is -2.21. The number of H-pyrrole nitrogens is 1. The highest BCUT2D eigenvalue weighted by molar-refractivity contribution is 7.89. The molecule has 0 bridgehead atoms. The monoisotopic (exact) mass is 471 g/mol. The standard InChI is InChI=1S/C23H23F2N5O2S/c1-15-7-16(14-30(15)33(31,32)21-4-2-3-18(9-21)23(24)25)13-29-22-6-5-17(8-19(22)12-28-29)20-10-26-27-11-20/h2-6,8-12,15-16,23H,7,13-14H2,1H3,(H,26,27)/t15-,16-/m1/s1. The van der Waals surface area contributed by atoms with Crippen LogP contribution in [0.25, 0.3) is 22.0 Å². The summed E-state index contributed by atoms with van der Waals surface area (Å²) in [6.45, 7) is 2.74. The van der Waals surface area contributed by atoms with Gasteiger partial charge in [-0.25, -0.2) is 17.2 Å². The molecule has 0 amide bonds. The number of nitrogens with one attached hydrogen (secondary N) is 1. The zero-order valence-corrected chi connectivity index (χ0v) is 18.7. The second-order valence-corrected chi connectivity index (χ2v) is 10.4. The molecule has 1 fully saturated rings. The number of rotatable bonds is 6. The highest BCUT2D eigenvalue weighted by atomic mass is 32.2. The van der Waals surface area contributed by atoms with Crippen LogP contribution in [0.2, 0.25) is 0 Å². The molecule has 7 nitrogen and oxygen atoms in total. The molecule has 1 N–H and O–H groups in total. The van der Waals surface area contributed by atoms with Crippen molar-refractivity contribution in [2.75, 3.05) is 6.54 Å². The molecule has 1 aliphatic heterocycles. The molecule has 0 aliphatic carbocycles. The summed E-state index contributed by atoms with van der Waals surface area (Å²) in [5, 5.41) is 12.3. The van der Waals surface area contributed by atoms with Gasteiger partial charge in [-0.1, -0.05) is 18.2 Å². The van der Waals surface area contributed by atoms with Crippen LogP contribution in [-0.2, 0) is 16.6 Å². The molecule has 2 aromatic heterocycles. The summed E-state index contributed by atoms with van der Waals surface area (Å²) in [6.07, 6.45) is 3.35. The predicted molar refractivity (Wildman–Crippen MR) is 120 cm³/mol. The van der Waals surface area contributed by atoms with Gasteiger partial charge >= 0.3 is 0 Å². The van der Waals surface area contributed by atoms with Gasteiger partial charge in [-0.05, 0) is 49.1 Å². The zero-order chi connectivity index (χ0) is 23.2. The summed E-state index contributed by atoms with van der Waals surface area (Å²) in [7, 11) is -3.87. The van der Waals surface area contributed by atoms with Crippen molar-refractivity contribution in [3.8, 4) is 11.1 Å². The number of aromatic nitrogens is 4. The fraction of sp³-hybridized carbons (Fsp3) is 0.304. The lowest BCUT2D eigenvalue weighted by Crippen LogP contribution is -2.34. The van der Waals surface area contributed by atoms with Crippen LogP contribution in [0, 0.1) is 5.92 Å². The number of halogens is 2. The summed E-state index contributed by atoms with van der Waals surface area (Å²) in [5.41, 5.74) is 2.71. The molecule has 0 unspecified atom stereocenters. The SMILES string of the molecule is C[C@@H]1C[C@H](Cn2ncc3cc(-c4cn[nH]c4)ccc32)CN1S(=O)(=O)c1cccc(C(F)F)c1. The number of nitrogens with zero attached hydrogens (tertiary/aromatic N) is 4. The average Bonchev–Trinajstić information content (AvgIpc) is 3.54. The second-order valence-electron chi connectivity index (χ2n) is 8.49. The molecule has 5 rings (SSSR count). The van der Waals surface area contributed by atoms with Gasteiger partial charge in [-0.15, -0.1) is 0 Å². The molecule has 2 atom stereocenters. The van der Waals surface area contributed by atoms with Crippen LogP contribution in [-0.4, -0.2) is 45.3 Å². The maximum Gasteiger partial charge on any atom is 0.263 e. The minimum atomic E-state index is -3.87. The Bertz CT molecular complexity index is 1390. The van der Waals surface area contributed by atoms with E-state index >= 15 is 0 Å². The fourth-order valence-corrected chi connectivity index (χ4v) is 6.36. The number of sulfonamides is 1. The number of hydrogen-bond acceptors (Lipinski definition) is 4. The molecular weight excluding hydrogens is 448 g/mol. The molecular formula is C23H23F2N5O2S. The molecule has 0 spiro atoms. The van der Waals surface area contributed by atoms with Crippen LogP contribution < -0.4 is 0 Å². The Balaban J connectivity index is 1.35. The van der Waals surface area contributed by atoms with E-state index in [0.717, 1.165) is 28.1 Å². The topological polar surface area (TPSA) is 83.9 Å². The summed E-state index contributed by atoms with van der Waals surface area (Å²) in [6, 6.07) is 10.9. The minimum Gasteiger partial charge on any atom is -0.285 e. The third kappa shape index (κ3) is 4.04. The molecule has 172 valence electrons. The van der Waals surface area contributed by atoms with Gasteiger partial charge in [0, 0.05) is 41.8 Å². The van der Waals surface area contributed by atoms with Gasteiger partial charge in [0.05, 0.1) is 22.8 Å². The fourth-order valence-electron chi connectivity index (χ4n) is 4.59. The first-order valence-corrected chi connectivity index (χ1v) is 12.1. The smallest absolute Gasteiger partial charge is 0.263 e. The maximum atomic E-state index is 13.2. The molecule has 10 heteroatoms. The number of alkyl halides is 2. The highest BCUT2D eigenvalue weighted by Gasteiger charge is 2.38. The van der Waals surface area contributed by atoms with Crippen molar-refractivity contribution in [1.29, 1.82) is 0 Å². The lowest BCUT2D eigenvalue weighted by molar-refractivity contribution is 0.151. The quantitative estimate of drug-likeness (QED) is 0.450. The Morgan fingerprint density at radius 2 is 2.00 bits per heavy atom. The van der Waals surface area contributed by atoms with E-state index in [4.69, 9.17) is 0 Å². The Labute approximate surface area is 190 Å². The van der Waals surface area contributed by atoms with Gasteiger partial charge in [0.25, 0.3) is 6.43 Å². The summed E-state index contributed by atoms with van der Waals surface area (Å²) < 4.78 is 55.8. The molecule has 2 aromatic carbocycles. The van der Waals surface area contributed by atoms with Gasteiger partial charge in [0.2, 0.25) is 10.0 Å². The maximum absolute atomic E-state index is 13.2. The first-order valence-electron chi connectivity index (χ1n) is 10.7. The Kier molecular flexibility index (Phi) is 5.49. The van der Waals surface area contributed by atoms with Gasteiger partial charge in [0.15, 0.2) is 0 Å². The molecule has 0 radical (unpaired) electrons. The zero-order valence-electron chi connectivity index (χ0n) is 17.9. The van der Waals surface area contributed by atoms with Crippen molar-refractivity contribution < 1.29 is 17.2 Å². The summed E-state index contributed by atoms with van der Waals surface area (Å²) in [5.74, 6) is 0.0599. The number of aromatic amines is 1. The largest absolute Gasteiger partial charge is 0.285 e. The highest BCUT2D eigenvalue weighted by Crippen LogP contribution is 2.32. The number of benzene rings is 2. The van der Waals surface area contributed by atoms with Crippen molar-refractivity contribution >= 4 is 20.9 Å². The van der Waals surface area contributed by atoms with E-state index in [1.807, 2.05) is 42.2 Å². The van der Waals surface area contributed by atoms with Crippen LogP contribution in [0.15, 0.2) is 66.0 Å². The third-order valence-corrected chi connectivity index (χ3v) is 8.20. The first kappa shape index (κ1) is 21.7. The lowest BCUT2D eigenvalue weighted by atomic mass is 10.1. The minimum absolute atomic E-state index is 0.0599. The van der Waals surface area contributed by atoms with Crippen molar-refractivity contribution in [2.24, 2.45) is 5.92 Å². The molecule has 4 aromatic rings. The van der Waals surface area contributed by atoms with E-state index in [9.17, 15) is 17.2 Å². The normalized spacial score (nSPS) is 19.6. The number of hydrogen-bond donors (Lipinski definition) is 1. The van der Waals surface area contributed by atoms with Gasteiger partial charge in [-0.3, -0.25) is 9.78 Å². The third-order valence-electron chi connectivity index (χ3n) is 6.23. The van der Waals surface area contributed by atoms with Crippen molar-refractivity contribution in [3.63, 3.8) is 0 Å². The van der Waals surface area contributed by atoms with Crippen LogP contribution in [0.1, 0.15) is 25.3 Å². The Morgan fingerprint density at radius 1 is 1.15 bits per heavy atom.